The minimum Gasteiger partial charge on any atom is -0.487 e. The molecule has 14 heteroatoms. The molecule has 0 saturated heterocycles. The van der Waals surface area contributed by atoms with Gasteiger partial charge in [-0.1, -0.05) is 43.1 Å². The van der Waals surface area contributed by atoms with Gasteiger partial charge in [-0.05, 0) is 118 Å². The van der Waals surface area contributed by atoms with E-state index in [0.29, 0.717) is 48.8 Å². The van der Waals surface area contributed by atoms with E-state index in [9.17, 15) is 15.0 Å². The number of hydrogen-bond donors (Lipinski definition) is 3. The number of unbranched alkanes of at least 4 members (excludes halogenated alkanes) is 2. The molecule has 61 heavy (non-hydrogen) atoms. The SMILES string of the molecule is C=CCOC12Oc3ccc(OCc4cccc(C)n4)cc3C3C(CCCCO)C(CCCCO)C=C(C(=NOCC)CC1N(CCC)S(=O)(=O)c1ccc(NC(C)=O)cc1)C32. The molecule has 1 aliphatic heterocycles. The summed E-state index contributed by atoms with van der Waals surface area (Å²) in [6.07, 6.45) is 8.99. The number of allylic oxidation sites excluding steroid dienone is 1. The second kappa shape index (κ2) is 21.0. The fourth-order valence-electron chi connectivity index (χ4n) is 9.41. The highest BCUT2D eigenvalue weighted by atomic mass is 32.2. The highest BCUT2D eigenvalue weighted by molar-refractivity contribution is 7.89. The molecule has 2 heterocycles. The highest BCUT2D eigenvalue weighted by Gasteiger charge is 2.66. The summed E-state index contributed by atoms with van der Waals surface area (Å²) < 4.78 is 52.4. The number of hydrogen-bond acceptors (Lipinski definition) is 11. The van der Waals surface area contributed by atoms with Crippen molar-refractivity contribution in [2.45, 2.75) is 108 Å². The summed E-state index contributed by atoms with van der Waals surface area (Å²) in [5.74, 6) is -1.39. The Balaban J connectivity index is 1.57. The molecule has 2 aliphatic carbocycles. The van der Waals surface area contributed by atoms with Crippen LogP contribution in [0.3, 0.4) is 0 Å². The first-order valence-electron chi connectivity index (χ1n) is 21.7. The largest absolute Gasteiger partial charge is 0.487 e. The van der Waals surface area contributed by atoms with Crippen molar-refractivity contribution >= 4 is 27.3 Å². The Labute approximate surface area is 360 Å². The van der Waals surface area contributed by atoms with Crippen LogP contribution in [0.25, 0.3) is 0 Å². The Morgan fingerprint density at radius 1 is 1.07 bits per heavy atom. The smallest absolute Gasteiger partial charge is 0.243 e. The van der Waals surface area contributed by atoms with Crippen LogP contribution in [-0.4, -0.2) is 84.3 Å². The number of ether oxygens (including phenoxy) is 3. The molecule has 6 atom stereocenters. The van der Waals surface area contributed by atoms with Crippen molar-refractivity contribution in [2.75, 3.05) is 38.3 Å². The van der Waals surface area contributed by atoms with Crippen LogP contribution in [0.2, 0.25) is 0 Å². The van der Waals surface area contributed by atoms with E-state index in [2.05, 4.69) is 23.0 Å². The molecule has 3 aromatic rings. The van der Waals surface area contributed by atoms with Crippen molar-refractivity contribution in [2.24, 2.45) is 22.9 Å². The summed E-state index contributed by atoms with van der Waals surface area (Å²) in [5.41, 5.74) is 4.61. The van der Waals surface area contributed by atoms with E-state index in [1.165, 1.54) is 23.4 Å². The third kappa shape index (κ3) is 10.2. The fraction of sp³-hybridized carbons (Fsp3) is 0.511. The van der Waals surface area contributed by atoms with Crippen molar-refractivity contribution in [3.8, 4) is 11.5 Å². The average molecular weight is 859 g/mol. The van der Waals surface area contributed by atoms with Crippen LogP contribution in [0.15, 0.2) is 95.0 Å². The Bertz CT molecular complexity index is 2140. The van der Waals surface area contributed by atoms with Crippen LogP contribution in [-0.2, 0) is 31.0 Å². The van der Waals surface area contributed by atoms with Gasteiger partial charge in [-0.15, -0.1) is 6.58 Å². The van der Waals surface area contributed by atoms with Crippen molar-refractivity contribution in [3.05, 3.63) is 102 Å². The van der Waals surface area contributed by atoms with Crippen LogP contribution >= 0.6 is 0 Å². The molecule has 1 saturated carbocycles. The number of fused-ring (bicyclic) bond motifs is 2. The third-order valence-electron chi connectivity index (χ3n) is 11.9. The topological polar surface area (TPSA) is 169 Å². The Kier molecular flexibility index (Phi) is 15.8. The highest BCUT2D eigenvalue weighted by Crippen LogP contribution is 2.62. The lowest BCUT2D eigenvalue weighted by atomic mass is 9.55. The van der Waals surface area contributed by atoms with Gasteiger partial charge in [-0.25, -0.2) is 8.42 Å². The quantitative estimate of drug-likeness (QED) is 0.0518. The molecule has 6 unspecified atom stereocenters. The van der Waals surface area contributed by atoms with E-state index in [4.69, 9.17) is 24.2 Å². The number of carbonyl (C=O) groups is 1. The lowest BCUT2D eigenvalue weighted by Crippen LogP contribution is -2.70. The number of oxime groups is 1. The predicted molar refractivity (Wildman–Crippen MR) is 235 cm³/mol. The van der Waals surface area contributed by atoms with E-state index >= 15 is 8.42 Å². The molecule has 13 nitrogen and oxygen atoms in total. The summed E-state index contributed by atoms with van der Waals surface area (Å²) in [7, 11) is -4.22. The van der Waals surface area contributed by atoms with Crippen molar-refractivity contribution in [1.29, 1.82) is 0 Å². The van der Waals surface area contributed by atoms with E-state index in [0.717, 1.165) is 48.2 Å². The lowest BCUT2D eigenvalue weighted by Gasteiger charge is -2.59. The standard InChI is InChI=1S/C47H62N4O9S/c1-6-24-51(61(55,56)38-21-18-35(19-22-38)49-33(5)54)44-30-42(50-59-8-3)40-28-34(15-9-11-25-52)39(17-10-12-26-53)45-41-29-37(57-31-36-16-13-14-32(4)48-36)20-23-43(41)60-47(44,46(40)45)58-27-7-2/h7,13-14,16,18-23,28-29,34,39,44-46,52-53H,2,6,8-12,15,17,24-27,30-31H2,1,3-5H3,(H,49,54). The molecule has 0 bridgehead atoms. The molecule has 3 aliphatic rings. The number of benzene rings is 2. The van der Waals surface area contributed by atoms with Gasteiger partial charge >= 0.3 is 0 Å². The molecule has 6 rings (SSSR count). The third-order valence-corrected chi connectivity index (χ3v) is 13.8. The van der Waals surface area contributed by atoms with E-state index in [1.54, 1.807) is 18.2 Å². The second-order valence-electron chi connectivity index (χ2n) is 16.1. The van der Waals surface area contributed by atoms with Crippen molar-refractivity contribution in [1.82, 2.24) is 9.29 Å². The van der Waals surface area contributed by atoms with E-state index < -0.39 is 27.8 Å². The second-order valence-corrected chi connectivity index (χ2v) is 18.0. The van der Waals surface area contributed by atoms with E-state index in [1.807, 2.05) is 57.2 Å². The molecular formula is C47H62N4O9S. The molecule has 2 aromatic carbocycles. The number of nitrogens with zero attached hydrogens (tertiary/aromatic N) is 3. The number of amides is 1. The monoisotopic (exact) mass is 858 g/mol. The van der Waals surface area contributed by atoms with Gasteiger partial charge in [0.15, 0.2) is 0 Å². The molecule has 0 radical (unpaired) electrons. The maximum Gasteiger partial charge on any atom is 0.243 e. The van der Waals surface area contributed by atoms with Gasteiger partial charge in [-0.2, -0.15) is 4.31 Å². The molecule has 1 aromatic heterocycles. The summed E-state index contributed by atoms with van der Waals surface area (Å²) in [6, 6.07) is 16.9. The number of aliphatic hydroxyl groups is 2. The van der Waals surface area contributed by atoms with Crippen LogP contribution < -0.4 is 14.8 Å². The average Bonchev–Trinajstić information content (AvgIpc) is 3.24. The Morgan fingerprint density at radius 3 is 2.49 bits per heavy atom. The number of aryl methyl sites for hydroxylation is 1. The molecule has 0 spiro atoms. The zero-order valence-corrected chi connectivity index (χ0v) is 36.7. The van der Waals surface area contributed by atoms with Gasteiger partial charge in [0.25, 0.3) is 0 Å². The summed E-state index contributed by atoms with van der Waals surface area (Å²) >= 11 is 0. The maximum atomic E-state index is 15.1. The molecule has 330 valence electrons. The number of nitrogens with one attached hydrogen (secondary N) is 1. The molecule has 1 fully saturated rings. The molecular weight excluding hydrogens is 797 g/mol. The van der Waals surface area contributed by atoms with Gasteiger partial charge in [0.2, 0.25) is 21.7 Å². The minimum atomic E-state index is -4.22. The first-order chi connectivity index (χ1) is 29.5. The summed E-state index contributed by atoms with van der Waals surface area (Å²) in [6.45, 7) is 12.1. The summed E-state index contributed by atoms with van der Waals surface area (Å²) in [4.78, 5) is 22.3. The van der Waals surface area contributed by atoms with Crippen molar-refractivity contribution in [3.63, 3.8) is 0 Å². The van der Waals surface area contributed by atoms with Crippen molar-refractivity contribution < 1.29 is 42.5 Å². The minimum absolute atomic E-state index is 0.00619. The number of aromatic nitrogens is 1. The van der Waals surface area contributed by atoms with Crippen LogP contribution in [0, 0.1) is 24.7 Å². The van der Waals surface area contributed by atoms with Gasteiger partial charge in [-0.3, -0.25) is 9.78 Å². The predicted octanol–water partition coefficient (Wildman–Crippen LogP) is 7.68. The molecule has 1 amide bonds. The maximum absolute atomic E-state index is 15.1. The van der Waals surface area contributed by atoms with E-state index in [-0.39, 0.29) is 67.9 Å². The number of carbonyl (C=O) groups excluding carboxylic acids is 1. The van der Waals surface area contributed by atoms with Crippen LogP contribution in [0.4, 0.5) is 5.69 Å². The van der Waals surface area contributed by atoms with Gasteiger partial charge < -0.3 is 34.6 Å². The number of sulfonamides is 1. The van der Waals surface area contributed by atoms with Gasteiger partial charge in [0, 0.05) is 56.0 Å². The van der Waals surface area contributed by atoms with Gasteiger partial charge in [0.1, 0.15) is 24.7 Å². The number of aliphatic hydroxyl groups excluding tert-OH is 2. The zero-order chi connectivity index (χ0) is 43.6. The Hall–Kier alpha value is -4.60. The first kappa shape index (κ1) is 45.9. The first-order valence-corrected chi connectivity index (χ1v) is 23.1. The molecule has 3 N–H and O–H groups in total. The number of rotatable bonds is 22. The van der Waals surface area contributed by atoms with Crippen LogP contribution in [0.5, 0.6) is 11.5 Å². The normalized spacial score (nSPS) is 23.7. The number of anilines is 1. The fourth-order valence-corrected chi connectivity index (χ4v) is 11.1. The number of pyridine rings is 1. The zero-order valence-electron chi connectivity index (χ0n) is 35.9. The Morgan fingerprint density at radius 2 is 1.82 bits per heavy atom. The van der Waals surface area contributed by atoms with Gasteiger partial charge in [0.05, 0.1) is 34.9 Å². The summed E-state index contributed by atoms with van der Waals surface area (Å²) in [5, 5.41) is 27.3. The van der Waals surface area contributed by atoms with Crippen LogP contribution in [0.1, 0.15) is 95.0 Å². The lowest BCUT2D eigenvalue weighted by molar-refractivity contribution is -0.251.